The predicted octanol–water partition coefficient (Wildman–Crippen LogP) is 4.55. The predicted molar refractivity (Wildman–Crippen MR) is 99.6 cm³/mol. The third-order valence-electron chi connectivity index (χ3n) is 4.40. The Morgan fingerprint density at radius 3 is 2.80 bits per heavy atom. The van der Waals surface area contributed by atoms with E-state index in [9.17, 15) is 4.39 Å². The van der Waals surface area contributed by atoms with E-state index < -0.39 is 0 Å². The zero-order chi connectivity index (χ0) is 18.0. The quantitative estimate of drug-likeness (QED) is 0.339. The molecule has 0 amide bonds. The minimum atomic E-state index is -0.384. The first-order chi connectivity index (χ1) is 12.0. The van der Waals surface area contributed by atoms with Crippen molar-refractivity contribution in [2.45, 2.75) is 25.8 Å². The average Bonchev–Trinajstić information content (AvgIpc) is 2.97. The van der Waals surface area contributed by atoms with Gasteiger partial charge in [0.25, 0.3) is 0 Å². The van der Waals surface area contributed by atoms with E-state index in [-0.39, 0.29) is 22.4 Å². The lowest BCUT2D eigenvalue weighted by Crippen LogP contribution is -2.37. The number of fused-ring (bicyclic) bond motifs is 1. The molecule has 0 atom stereocenters. The van der Waals surface area contributed by atoms with Crippen LogP contribution in [0.1, 0.15) is 25.8 Å². The Morgan fingerprint density at radius 1 is 1.40 bits per heavy atom. The van der Waals surface area contributed by atoms with Gasteiger partial charge in [0.15, 0.2) is 5.82 Å². The van der Waals surface area contributed by atoms with Crippen LogP contribution in [-0.4, -0.2) is 38.4 Å². The molecule has 2 aromatic heterocycles. The summed E-state index contributed by atoms with van der Waals surface area (Å²) in [5.41, 5.74) is 0.544. The zero-order valence-electron chi connectivity index (χ0n) is 13.8. The third-order valence-corrected chi connectivity index (χ3v) is 4.94. The van der Waals surface area contributed by atoms with E-state index in [4.69, 9.17) is 23.2 Å². The van der Waals surface area contributed by atoms with Crippen molar-refractivity contribution in [1.29, 1.82) is 0 Å². The summed E-state index contributed by atoms with van der Waals surface area (Å²) in [4.78, 5) is 14.6. The number of likely N-dealkylation sites (tertiary alicyclic amines) is 1. The standard InChI is InChI=1S/C17H18Cl2FN5/c1-3-12(18)8-21-11(2)24-6-4-13(5-7-24)25-9-14(20)15-16(19)22-10-23-17(15)25/h3,8-10,13H,1,4-7H2,2H3/b12-8+,21-11+. The number of amidine groups is 1. The second kappa shape index (κ2) is 7.54. The number of nitrogens with zero attached hydrogens (tertiary/aromatic N) is 5. The first-order valence-corrected chi connectivity index (χ1v) is 8.71. The molecular weight excluding hydrogens is 364 g/mol. The van der Waals surface area contributed by atoms with Crippen molar-refractivity contribution in [2.75, 3.05) is 13.1 Å². The molecule has 25 heavy (non-hydrogen) atoms. The van der Waals surface area contributed by atoms with Crippen molar-refractivity contribution >= 4 is 40.1 Å². The lowest BCUT2D eigenvalue weighted by atomic mass is 10.0. The van der Waals surface area contributed by atoms with Gasteiger partial charge in [0.2, 0.25) is 0 Å². The molecule has 0 aromatic carbocycles. The maximum atomic E-state index is 14.2. The topological polar surface area (TPSA) is 46.3 Å². The van der Waals surface area contributed by atoms with Crippen molar-refractivity contribution < 1.29 is 4.39 Å². The lowest BCUT2D eigenvalue weighted by molar-refractivity contribution is 0.268. The summed E-state index contributed by atoms with van der Waals surface area (Å²) in [6, 6.07) is 0.161. The van der Waals surface area contributed by atoms with Crippen LogP contribution in [0.15, 0.2) is 41.4 Å². The Hall–Kier alpha value is -1.92. The summed E-state index contributed by atoms with van der Waals surface area (Å²) >= 11 is 11.9. The summed E-state index contributed by atoms with van der Waals surface area (Å²) in [5.74, 6) is 0.511. The summed E-state index contributed by atoms with van der Waals surface area (Å²) in [6.07, 6.45) is 7.68. The number of allylic oxidation sites excluding steroid dienone is 2. The van der Waals surface area contributed by atoms with Gasteiger partial charge in [-0.15, -0.1) is 0 Å². The van der Waals surface area contributed by atoms with Gasteiger partial charge in [-0.05, 0) is 25.8 Å². The van der Waals surface area contributed by atoms with Gasteiger partial charge in [0.05, 0.1) is 10.4 Å². The van der Waals surface area contributed by atoms with Gasteiger partial charge in [-0.25, -0.2) is 19.4 Å². The maximum Gasteiger partial charge on any atom is 0.153 e. The van der Waals surface area contributed by atoms with Crippen LogP contribution in [0.2, 0.25) is 5.15 Å². The van der Waals surface area contributed by atoms with E-state index in [1.165, 1.54) is 12.5 Å². The first-order valence-electron chi connectivity index (χ1n) is 7.95. The summed E-state index contributed by atoms with van der Waals surface area (Å²) < 4.78 is 16.1. The molecule has 0 unspecified atom stereocenters. The molecule has 0 aliphatic carbocycles. The number of hydrogen-bond acceptors (Lipinski definition) is 3. The van der Waals surface area contributed by atoms with E-state index in [1.54, 1.807) is 12.3 Å². The molecule has 3 rings (SSSR count). The van der Waals surface area contributed by atoms with Crippen LogP contribution in [0.25, 0.3) is 11.0 Å². The van der Waals surface area contributed by atoms with Gasteiger partial charge in [0, 0.05) is 31.5 Å². The van der Waals surface area contributed by atoms with E-state index in [1.807, 2.05) is 11.5 Å². The number of aromatic nitrogens is 3. The monoisotopic (exact) mass is 381 g/mol. The second-order valence-electron chi connectivity index (χ2n) is 5.86. The molecule has 132 valence electrons. The Labute approximate surface area is 155 Å². The van der Waals surface area contributed by atoms with Crippen molar-refractivity contribution in [3.05, 3.63) is 47.4 Å². The van der Waals surface area contributed by atoms with Crippen LogP contribution in [0.5, 0.6) is 0 Å². The fraction of sp³-hybridized carbons (Fsp3) is 0.353. The number of rotatable bonds is 3. The second-order valence-corrected chi connectivity index (χ2v) is 6.65. The normalized spacial score (nSPS) is 17.4. The van der Waals surface area contributed by atoms with Crippen molar-refractivity contribution in [2.24, 2.45) is 4.99 Å². The van der Waals surface area contributed by atoms with Crippen molar-refractivity contribution in [3.63, 3.8) is 0 Å². The van der Waals surface area contributed by atoms with Crippen LogP contribution in [0, 0.1) is 5.82 Å². The molecule has 8 heteroatoms. The molecule has 0 spiro atoms. The van der Waals surface area contributed by atoms with E-state index in [2.05, 4.69) is 26.4 Å². The molecule has 1 fully saturated rings. The first kappa shape index (κ1) is 17.9. The molecule has 2 aromatic rings. The highest BCUT2D eigenvalue weighted by Gasteiger charge is 2.24. The molecule has 1 aliphatic rings. The van der Waals surface area contributed by atoms with Crippen molar-refractivity contribution in [1.82, 2.24) is 19.4 Å². The smallest absolute Gasteiger partial charge is 0.153 e. The van der Waals surface area contributed by atoms with E-state index >= 15 is 0 Å². The van der Waals surface area contributed by atoms with E-state index in [0.717, 1.165) is 31.8 Å². The fourth-order valence-corrected chi connectivity index (χ4v) is 3.31. The number of aliphatic imine (C=N–C) groups is 1. The molecule has 1 saturated heterocycles. The van der Waals surface area contributed by atoms with Crippen molar-refractivity contribution in [3.8, 4) is 0 Å². The van der Waals surface area contributed by atoms with E-state index in [0.29, 0.717) is 10.7 Å². The highest BCUT2D eigenvalue weighted by atomic mass is 35.5. The SMILES string of the molecule is C=C/C(Cl)=C\N=C(/C)N1CCC(n2cc(F)c3c(Cl)ncnc32)CC1. The molecule has 0 saturated carbocycles. The molecule has 0 bridgehead atoms. The highest BCUT2D eigenvalue weighted by Crippen LogP contribution is 2.31. The van der Waals surface area contributed by atoms with Crippen LogP contribution in [-0.2, 0) is 0 Å². The van der Waals surface area contributed by atoms with Gasteiger partial charge in [-0.3, -0.25) is 0 Å². The van der Waals surface area contributed by atoms with Crippen LogP contribution >= 0.6 is 23.2 Å². The molecule has 5 nitrogen and oxygen atoms in total. The Morgan fingerprint density at radius 2 is 2.12 bits per heavy atom. The third kappa shape index (κ3) is 3.70. The van der Waals surface area contributed by atoms with Crippen LogP contribution in [0.3, 0.4) is 0 Å². The lowest BCUT2D eigenvalue weighted by Gasteiger charge is -2.33. The summed E-state index contributed by atoms with van der Waals surface area (Å²) in [6.45, 7) is 7.18. The Kier molecular flexibility index (Phi) is 5.39. The van der Waals surface area contributed by atoms with Crippen LogP contribution in [0.4, 0.5) is 4.39 Å². The fourth-order valence-electron chi connectivity index (χ4n) is 3.04. The zero-order valence-corrected chi connectivity index (χ0v) is 15.3. The minimum absolute atomic E-state index is 0.146. The van der Waals surface area contributed by atoms with Gasteiger partial charge in [0.1, 0.15) is 23.0 Å². The average molecular weight is 382 g/mol. The van der Waals surface area contributed by atoms with Gasteiger partial charge in [-0.1, -0.05) is 29.8 Å². The molecular formula is C17H18Cl2FN5. The molecule has 0 radical (unpaired) electrons. The maximum absolute atomic E-state index is 14.2. The molecule has 0 N–H and O–H groups in total. The number of hydrogen-bond donors (Lipinski definition) is 0. The molecule has 3 heterocycles. The van der Waals surface area contributed by atoms with Gasteiger partial charge in [-0.2, -0.15) is 0 Å². The Balaban J connectivity index is 1.75. The molecule has 1 aliphatic heterocycles. The number of piperidine rings is 1. The largest absolute Gasteiger partial charge is 0.360 e. The summed E-state index contributed by atoms with van der Waals surface area (Å²) in [5, 5.41) is 0.932. The highest BCUT2D eigenvalue weighted by molar-refractivity contribution is 6.34. The Bertz CT molecular complexity index is 850. The minimum Gasteiger partial charge on any atom is -0.360 e. The number of halogens is 3. The van der Waals surface area contributed by atoms with Gasteiger partial charge >= 0.3 is 0 Å². The van der Waals surface area contributed by atoms with Crippen LogP contribution < -0.4 is 0 Å². The summed E-state index contributed by atoms with van der Waals surface area (Å²) in [7, 11) is 0. The van der Waals surface area contributed by atoms with Gasteiger partial charge < -0.3 is 9.47 Å².